The van der Waals surface area contributed by atoms with Gasteiger partial charge in [0.05, 0.1) is 18.0 Å². The average molecular weight is 503 g/mol. The number of hydrogen-bond acceptors (Lipinski definition) is 6. The highest BCUT2D eigenvalue weighted by Crippen LogP contribution is 2.39. The van der Waals surface area contributed by atoms with E-state index in [1.165, 1.54) is 31.4 Å². The molecule has 1 aliphatic rings. The van der Waals surface area contributed by atoms with Gasteiger partial charge in [-0.3, -0.25) is 9.36 Å². The largest absolute Gasteiger partial charge is 0.494 e. The molecule has 0 unspecified atom stereocenters. The summed E-state index contributed by atoms with van der Waals surface area (Å²) in [5, 5.41) is 5.40. The number of ether oxygens (including phenoxy) is 1. The van der Waals surface area contributed by atoms with E-state index in [1.807, 2.05) is 6.92 Å². The van der Waals surface area contributed by atoms with E-state index in [1.54, 1.807) is 33.6 Å². The van der Waals surface area contributed by atoms with Crippen LogP contribution < -0.4 is 16.0 Å². The van der Waals surface area contributed by atoms with Crippen molar-refractivity contribution in [3.05, 3.63) is 76.5 Å². The SMILES string of the molecule is CC[C@H](c1nc2cccc(F)c2c(=O)n1C1CC1)n1nc(-c2ccc(OC)c(F)c2)c2c(N)ccnc21. The van der Waals surface area contributed by atoms with Gasteiger partial charge in [-0.2, -0.15) is 5.10 Å². The molecule has 1 saturated carbocycles. The van der Waals surface area contributed by atoms with Gasteiger partial charge < -0.3 is 10.5 Å². The first-order chi connectivity index (χ1) is 17.9. The van der Waals surface area contributed by atoms with Gasteiger partial charge in [0, 0.05) is 23.5 Å². The van der Waals surface area contributed by atoms with Gasteiger partial charge in [0.25, 0.3) is 5.56 Å². The third-order valence-corrected chi connectivity index (χ3v) is 6.85. The molecule has 10 heteroatoms. The minimum Gasteiger partial charge on any atom is -0.494 e. The van der Waals surface area contributed by atoms with Crippen LogP contribution in [-0.4, -0.2) is 31.4 Å². The minimum absolute atomic E-state index is 0.0184. The van der Waals surface area contributed by atoms with Crippen molar-refractivity contribution in [1.29, 1.82) is 0 Å². The molecule has 0 spiro atoms. The third-order valence-electron chi connectivity index (χ3n) is 6.85. The summed E-state index contributed by atoms with van der Waals surface area (Å²) >= 11 is 0. The van der Waals surface area contributed by atoms with Crippen molar-refractivity contribution in [2.45, 2.75) is 38.3 Å². The molecule has 6 rings (SSSR count). The van der Waals surface area contributed by atoms with E-state index in [-0.39, 0.29) is 22.7 Å². The number of hydrogen-bond donors (Lipinski definition) is 1. The Kier molecular flexibility index (Phi) is 5.40. The predicted molar refractivity (Wildman–Crippen MR) is 137 cm³/mol. The van der Waals surface area contributed by atoms with Crippen LogP contribution in [0.4, 0.5) is 14.5 Å². The van der Waals surface area contributed by atoms with Crippen LogP contribution >= 0.6 is 0 Å². The summed E-state index contributed by atoms with van der Waals surface area (Å²) in [6, 6.07) is 10.1. The summed E-state index contributed by atoms with van der Waals surface area (Å²) in [5.74, 6) is -0.523. The molecule has 5 aromatic rings. The average Bonchev–Trinajstić information content (AvgIpc) is 3.65. The van der Waals surface area contributed by atoms with E-state index in [2.05, 4.69) is 4.98 Å². The Bertz CT molecular complexity index is 1740. The summed E-state index contributed by atoms with van der Waals surface area (Å²) in [6.07, 6.45) is 3.72. The number of nitrogen functional groups attached to an aromatic ring is 1. The Balaban J connectivity index is 1.62. The number of nitrogens with two attached hydrogens (primary N) is 1. The second-order valence-corrected chi connectivity index (χ2v) is 9.18. The highest BCUT2D eigenvalue weighted by atomic mass is 19.1. The van der Waals surface area contributed by atoms with E-state index in [0.29, 0.717) is 40.2 Å². The van der Waals surface area contributed by atoms with E-state index < -0.39 is 23.2 Å². The maximum absolute atomic E-state index is 14.6. The molecule has 188 valence electrons. The second-order valence-electron chi connectivity index (χ2n) is 9.18. The highest BCUT2D eigenvalue weighted by molar-refractivity contribution is 5.99. The molecule has 3 heterocycles. The van der Waals surface area contributed by atoms with E-state index >= 15 is 0 Å². The highest BCUT2D eigenvalue weighted by Gasteiger charge is 2.33. The molecule has 0 bridgehead atoms. The first-order valence-corrected chi connectivity index (χ1v) is 12.1. The molecule has 1 aliphatic carbocycles. The summed E-state index contributed by atoms with van der Waals surface area (Å²) in [4.78, 5) is 22.8. The van der Waals surface area contributed by atoms with Crippen LogP contribution in [-0.2, 0) is 0 Å². The Morgan fingerprint density at radius 3 is 2.65 bits per heavy atom. The zero-order chi connectivity index (χ0) is 25.8. The molecular formula is C27H24F2N6O2. The number of aromatic nitrogens is 5. The monoisotopic (exact) mass is 502 g/mol. The lowest BCUT2D eigenvalue weighted by Crippen LogP contribution is -2.29. The predicted octanol–water partition coefficient (Wildman–Crippen LogP) is 5.01. The molecule has 3 aromatic heterocycles. The van der Waals surface area contributed by atoms with Crippen molar-refractivity contribution in [3.8, 4) is 17.0 Å². The van der Waals surface area contributed by atoms with Crippen LogP contribution in [0.25, 0.3) is 33.2 Å². The number of rotatable bonds is 6. The van der Waals surface area contributed by atoms with Crippen molar-refractivity contribution in [2.24, 2.45) is 0 Å². The fourth-order valence-corrected chi connectivity index (χ4v) is 4.92. The smallest absolute Gasteiger partial charge is 0.264 e. The number of fused-ring (bicyclic) bond motifs is 2. The van der Waals surface area contributed by atoms with Crippen LogP contribution in [0.15, 0.2) is 53.5 Å². The number of nitrogens with zero attached hydrogens (tertiary/aromatic N) is 5. The normalized spacial score (nSPS) is 14.4. The van der Waals surface area contributed by atoms with Crippen molar-refractivity contribution in [2.75, 3.05) is 12.8 Å². The van der Waals surface area contributed by atoms with Crippen molar-refractivity contribution in [1.82, 2.24) is 24.3 Å². The van der Waals surface area contributed by atoms with E-state index in [4.69, 9.17) is 20.6 Å². The maximum atomic E-state index is 14.6. The summed E-state index contributed by atoms with van der Waals surface area (Å²) in [6.45, 7) is 1.95. The quantitative estimate of drug-likeness (QED) is 0.350. The molecule has 2 aromatic carbocycles. The van der Waals surface area contributed by atoms with Crippen molar-refractivity contribution in [3.63, 3.8) is 0 Å². The zero-order valence-corrected chi connectivity index (χ0v) is 20.3. The first kappa shape index (κ1) is 23.1. The van der Waals surface area contributed by atoms with Gasteiger partial charge in [-0.05, 0) is 55.7 Å². The minimum atomic E-state index is -0.591. The molecule has 8 nitrogen and oxygen atoms in total. The molecule has 2 N–H and O–H groups in total. The van der Waals surface area contributed by atoms with Crippen LogP contribution in [0.3, 0.4) is 0 Å². The topological polar surface area (TPSA) is 101 Å². The van der Waals surface area contributed by atoms with Crippen molar-refractivity contribution >= 4 is 27.6 Å². The summed E-state index contributed by atoms with van der Waals surface area (Å²) in [7, 11) is 1.40. The Hall–Kier alpha value is -4.34. The van der Waals surface area contributed by atoms with Gasteiger partial charge in [-0.25, -0.2) is 23.4 Å². The fraction of sp³-hybridized carbons (Fsp3) is 0.259. The number of pyridine rings is 1. The van der Waals surface area contributed by atoms with E-state index in [9.17, 15) is 13.6 Å². The van der Waals surface area contributed by atoms with Crippen LogP contribution in [0.5, 0.6) is 5.75 Å². The molecule has 0 amide bonds. The van der Waals surface area contributed by atoms with Crippen molar-refractivity contribution < 1.29 is 13.5 Å². The van der Waals surface area contributed by atoms with Gasteiger partial charge in [0.15, 0.2) is 17.2 Å². The third kappa shape index (κ3) is 3.62. The molecule has 0 aliphatic heterocycles. The number of methoxy groups -OCH3 is 1. The molecular weight excluding hydrogens is 478 g/mol. The maximum Gasteiger partial charge on any atom is 0.264 e. The fourth-order valence-electron chi connectivity index (χ4n) is 4.92. The van der Waals surface area contributed by atoms with Crippen LogP contribution in [0, 0.1) is 11.6 Å². The van der Waals surface area contributed by atoms with E-state index in [0.717, 1.165) is 12.8 Å². The van der Waals surface area contributed by atoms with Gasteiger partial charge in [-0.1, -0.05) is 13.0 Å². The first-order valence-electron chi connectivity index (χ1n) is 12.1. The molecule has 1 fully saturated rings. The molecule has 0 radical (unpaired) electrons. The van der Waals surface area contributed by atoms with Gasteiger partial charge in [-0.15, -0.1) is 0 Å². The summed E-state index contributed by atoms with van der Waals surface area (Å²) in [5.41, 5.74) is 8.12. The van der Waals surface area contributed by atoms with Crippen LogP contribution in [0.1, 0.15) is 44.1 Å². The van der Waals surface area contributed by atoms with Gasteiger partial charge in [0.1, 0.15) is 28.8 Å². The zero-order valence-electron chi connectivity index (χ0n) is 20.3. The van der Waals surface area contributed by atoms with Crippen LogP contribution in [0.2, 0.25) is 0 Å². The van der Waals surface area contributed by atoms with Gasteiger partial charge >= 0.3 is 0 Å². The number of halogens is 2. The molecule has 1 atom stereocenters. The Morgan fingerprint density at radius 2 is 1.95 bits per heavy atom. The number of anilines is 1. The lowest BCUT2D eigenvalue weighted by atomic mass is 10.1. The second kappa shape index (κ2) is 8.65. The molecule has 37 heavy (non-hydrogen) atoms. The molecule has 0 saturated heterocycles. The standard InChI is InChI=1S/C27H24F2N6O2/c1-3-20(25-32-19-6-4-5-16(28)22(19)27(36)34(25)15-8-9-15)35-26-23(18(30)11-12-31-26)24(33-35)14-7-10-21(37-2)17(29)13-14/h4-7,10-13,15,20H,3,8-9H2,1-2H3,(H2,30,31)/t20-/m1/s1. The summed E-state index contributed by atoms with van der Waals surface area (Å²) < 4.78 is 37.6. The lowest BCUT2D eigenvalue weighted by molar-refractivity contribution is 0.386. The Morgan fingerprint density at radius 1 is 1.14 bits per heavy atom. The lowest BCUT2D eigenvalue weighted by Gasteiger charge is -2.21. The van der Waals surface area contributed by atoms with Gasteiger partial charge in [0.2, 0.25) is 0 Å². The number of benzene rings is 2. The Labute approximate surface area is 210 Å².